The van der Waals surface area contributed by atoms with E-state index < -0.39 is 12.1 Å². The van der Waals surface area contributed by atoms with E-state index in [0.29, 0.717) is 19.4 Å². The molecule has 3 N–H and O–H groups in total. The van der Waals surface area contributed by atoms with E-state index in [1.54, 1.807) is 6.08 Å². The van der Waals surface area contributed by atoms with Crippen molar-refractivity contribution in [2.75, 3.05) is 13.2 Å². The molecular formula is C76H145NO5. The second-order valence-corrected chi connectivity index (χ2v) is 25.6. The van der Waals surface area contributed by atoms with Gasteiger partial charge < -0.3 is 20.3 Å². The number of hydrogen-bond donors (Lipinski definition) is 3. The molecule has 0 aromatic carbocycles. The van der Waals surface area contributed by atoms with Crippen molar-refractivity contribution in [1.29, 1.82) is 0 Å². The van der Waals surface area contributed by atoms with Gasteiger partial charge in [0.25, 0.3) is 0 Å². The Labute approximate surface area is 513 Å². The molecule has 0 aliphatic carbocycles. The molecule has 2 unspecified atom stereocenters. The summed E-state index contributed by atoms with van der Waals surface area (Å²) in [6.07, 6.45) is 92.3. The third-order valence-corrected chi connectivity index (χ3v) is 17.4. The predicted molar refractivity (Wildman–Crippen MR) is 361 cm³/mol. The molecule has 0 bridgehead atoms. The summed E-state index contributed by atoms with van der Waals surface area (Å²) < 4.78 is 5.49. The van der Waals surface area contributed by atoms with E-state index in [4.69, 9.17) is 4.74 Å². The van der Waals surface area contributed by atoms with Gasteiger partial charge in [0.05, 0.1) is 25.4 Å². The Hall–Kier alpha value is -1.92. The average Bonchev–Trinajstić information content (AvgIpc) is 3.48. The van der Waals surface area contributed by atoms with Crippen LogP contribution in [0.5, 0.6) is 0 Å². The van der Waals surface area contributed by atoms with Crippen molar-refractivity contribution >= 4 is 11.9 Å². The van der Waals surface area contributed by atoms with Crippen LogP contribution < -0.4 is 5.32 Å². The molecule has 0 aromatic rings. The quantitative estimate of drug-likeness (QED) is 0.0320. The number of aliphatic hydroxyl groups excluding tert-OH is 2. The second kappa shape index (κ2) is 71.6. The van der Waals surface area contributed by atoms with Gasteiger partial charge in [-0.15, -0.1) is 0 Å². The topological polar surface area (TPSA) is 95.9 Å². The minimum atomic E-state index is -0.848. The molecule has 0 aliphatic heterocycles. The van der Waals surface area contributed by atoms with Gasteiger partial charge in [0, 0.05) is 12.8 Å². The third-order valence-electron chi connectivity index (χ3n) is 17.4. The number of ether oxygens (including phenoxy) is 1. The molecule has 0 saturated carbocycles. The Kier molecular flexibility index (Phi) is 69.9. The molecule has 0 radical (unpaired) electrons. The molecule has 0 saturated heterocycles. The lowest BCUT2D eigenvalue weighted by Crippen LogP contribution is -2.45. The van der Waals surface area contributed by atoms with Gasteiger partial charge >= 0.3 is 5.97 Å². The van der Waals surface area contributed by atoms with Crippen LogP contribution in [0.4, 0.5) is 0 Å². The summed E-state index contributed by atoms with van der Waals surface area (Å²) in [5.41, 5.74) is 0. The van der Waals surface area contributed by atoms with E-state index in [1.807, 2.05) is 6.08 Å². The molecule has 484 valence electrons. The van der Waals surface area contributed by atoms with Crippen LogP contribution in [0.2, 0.25) is 0 Å². The van der Waals surface area contributed by atoms with E-state index in [1.165, 1.54) is 340 Å². The van der Waals surface area contributed by atoms with Crippen molar-refractivity contribution in [2.45, 2.75) is 424 Å². The molecule has 0 rings (SSSR count). The summed E-state index contributed by atoms with van der Waals surface area (Å²) >= 11 is 0. The summed E-state index contributed by atoms with van der Waals surface area (Å²) in [6.45, 7) is 4.94. The fourth-order valence-corrected chi connectivity index (χ4v) is 11.7. The van der Waals surface area contributed by atoms with Crippen molar-refractivity contribution in [1.82, 2.24) is 5.32 Å². The van der Waals surface area contributed by atoms with E-state index in [0.717, 1.165) is 44.9 Å². The van der Waals surface area contributed by atoms with Crippen LogP contribution in [-0.2, 0) is 14.3 Å². The maximum absolute atomic E-state index is 12.5. The number of amides is 1. The first-order valence-electron chi connectivity index (χ1n) is 37.3. The van der Waals surface area contributed by atoms with Gasteiger partial charge in [-0.2, -0.15) is 0 Å². The first-order chi connectivity index (χ1) is 40.5. The fraction of sp³-hybridized carbons (Fsp3) is 0.895. The zero-order valence-corrected chi connectivity index (χ0v) is 55.5. The lowest BCUT2D eigenvalue weighted by atomic mass is 10.0. The molecule has 1 amide bonds. The smallest absolute Gasteiger partial charge is 0.305 e. The molecule has 6 heteroatoms. The zero-order valence-electron chi connectivity index (χ0n) is 55.5. The number of esters is 1. The fourth-order valence-electron chi connectivity index (χ4n) is 11.7. The van der Waals surface area contributed by atoms with Crippen LogP contribution in [-0.4, -0.2) is 47.4 Å². The number of allylic oxidation sites excluding steroid dienone is 5. The Morgan fingerprint density at radius 1 is 0.329 bits per heavy atom. The Morgan fingerprint density at radius 2 is 0.573 bits per heavy atom. The standard InChI is InChI=1S/C76H145NO5/c1-3-5-7-9-11-13-15-17-19-21-22-23-24-28-31-34-37-40-44-48-52-56-60-64-68-74(79)73(72-78)77-75(80)69-65-61-57-53-49-45-41-38-35-32-29-26-25-27-30-33-36-39-43-47-51-55-59-63-67-71-82-76(81)70-66-62-58-54-50-46-42-20-18-16-14-12-10-8-6-4-2/h20,26,29,42,64,68,73-74,78-79H,3-19,21-25,27-28,30-41,43-63,65-67,69-72H2,1-2H3,(H,77,80)/b29-26-,42-20-,68-64+. The van der Waals surface area contributed by atoms with Gasteiger partial charge in [0.1, 0.15) is 0 Å². The minimum Gasteiger partial charge on any atom is -0.466 e. The van der Waals surface area contributed by atoms with Crippen molar-refractivity contribution in [3.8, 4) is 0 Å². The second-order valence-electron chi connectivity index (χ2n) is 25.6. The average molecular weight is 1150 g/mol. The zero-order chi connectivity index (χ0) is 59.2. The highest BCUT2D eigenvalue weighted by molar-refractivity contribution is 5.76. The maximum Gasteiger partial charge on any atom is 0.305 e. The van der Waals surface area contributed by atoms with Crippen LogP contribution in [0.25, 0.3) is 0 Å². The SMILES string of the molecule is CCCCCCCCC/C=C\CCCCCCCC(=O)OCCCCCCCCCCCCCC/C=C\CCCCCCCCCCCC(=O)NC(CO)C(O)/C=C/CCCCCCCCCCCCCCCCCCCCCCCC. The molecule has 0 aromatic heterocycles. The van der Waals surface area contributed by atoms with Crippen LogP contribution in [0.3, 0.4) is 0 Å². The monoisotopic (exact) mass is 1150 g/mol. The molecule has 0 aliphatic rings. The first-order valence-corrected chi connectivity index (χ1v) is 37.3. The summed E-state index contributed by atoms with van der Waals surface area (Å²) in [5.74, 6) is -0.0605. The Morgan fingerprint density at radius 3 is 0.866 bits per heavy atom. The highest BCUT2D eigenvalue weighted by atomic mass is 16.5. The van der Waals surface area contributed by atoms with Crippen molar-refractivity contribution in [2.24, 2.45) is 0 Å². The Balaban J connectivity index is 3.42. The number of unbranched alkanes of at least 4 members (excludes halogenated alkanes) is 55. The highest BCUT2D eigenvalue weighted by Gasteiger charge is 2.18. The first kappa shape index (κ1) is 80.1. The van der Waals surface area contributed by atoms with Gasteiger partial charge in [-0.05, 0) is 83.5 Å². The number of rotatable bonds is 70. The summed E-state index contributed by atoms with van der Waals surface area (Å²) in [7, 11) is 0. The van der Waals surface area contributed by atoms with Crippen LogP contribution in [0.15, 0.2) is 36.5 Å². The molecule has 82 heavy (non-hydrogen) atoms. The van der Waals surface area contributed by atoms with Crippen LogP contribution >= 0.6 is 0 Å². The predicted octanol–water partition coefficient (Wildman–Crippen LogP) is 24.3. The molecule has 2 atom stereocenters. The third kappa shape index (κ3) is 67.2. The molecule has 0 fully saturated rings. The number of hydrogen-bond acceptors (Lipinski definition) is 5. The Bertz CT molecular complexity index is 1330. The normalized spacial score (nSPS) is 12.7. The van der Waals surface area contributed by atoms with Gasteiger partial charge in [-0.25, -0.2) is 0 Å². The largest absolute Gasteiger partial charge is 0.466 e. The number of carbonyl (C=O) groups is 2. The van der Waals surface area contributed by atoms with Crippen LogP contribution in [0, 0.1) is 0 Å². The van der Waals surface area contributed by atoms with Gasteiger partial charge in [0.15, 0.2) is 0 Å². The van der Waals surface area contributed by atoms with E-state index in [2.05, 4.69) is 43.5 Å². The van der Waals surface area contributed by atoms with Crippen molar-refractivity contribution < 1.29 is 24.5 Å². The lowest BCUT2D eigenvalue weighted by molar-refractivity contribution is -0.143. The molecule has 6 nitrogen and oxygen atoms in total. The van der Waals surface area contributed by atoms with E-state index in [-0.39, 0.29) is 18.5 Å². The molecular weight excluding hydrogens is 1010 g/mol. The number of nitrogens with one attached hydrogen (secondary N) is 1. The minimum absolute atomic E-state index is 0.00635. The molecule has 0 spiro atoms. The van der Waals surface area contributed by atoms with Crippen molar-refractivity contribution in [3.05, 3.63) is 36.5 Å². The van der Waals surface area contributed by atoms with E-state index in [9.17, 15) is 19.8 Å². The summed E-state index contributed by atoms with van der Waals surface area (Å²) in [6, 6.07) is -0.632. The van der Waals surface area contributed by atoms with Crippen molar-refractivity contribution in [3.63, 3.8) is 0 Å². The maximum atomic E-state index is 12.5. The van der Waals surface area contributed by atoms with Gasteiger partial charge in [0.2, 0.25) is 5.91 Å². The summed E-state index contributed by atoms with van der Waals surface area (Å²) in [4.78, 5) is 24.6. The lowest BCUT2D eigenvalue weighted by Gasteiger charge is -2.20. The number of carbonyl (C=O) groups excluding carboxylic acids is 2. The van der Waals surface area contributed by atoms with Gasteiger partial charge in [-0.3, -0.25) is 9.59 Å². The highest BCUT2D eigenvalue weighted by Crippen LogP contribution is 2.19. The van der Waals surface area contributed by atoms with Gasteiger partial charge in [-0.1, -0.05) is 352 Å². The van der Waals surface area contributed by atoms with Crippen LogP contribution in [0.1, 0.15) is 412 Å². The van der Waals surface area contributed by atoms with E-state index >= 15 is 0 Å². The number of aliphatic hydroxyl groups is 2. The summed E-state index contributed by atoms with van der Waals surface area (Å²) in [5, 5.41) is 23.3. The molecule has 0 heterocycles.